The van der Waals surface area contributed by atoms with Crippen LogP contribution in [0.5, 0.6) is 5.75 Å². The van der Waals surface area contributed by atoms with Crippen LogP contribution in [-0.4, -0.2) is 13.7 Å². The largest absolute Gasteiger partial charge is 0.380 e. The monoisotopic (exact) mass is 281 g/mol. The first-order valence-electron chi connectivity index (χ1n) is 4.47. The summed E-state index contributed by atoms with van der Waals surface area (Å²) in [4.78, 5) is 0.650. The quantitative estimate of drug-likeness (QED) is 0.861. The lowest BCUT2D eigenvalue weighted by Gasteiger charge is -2.11. The average Bonchev–Trinajstić information content (AvgIpc) is 2.08. The standard InChI is InChI=1S/C9H12ClNO3S2/c1-6(2)15-8-5-3-4-7(10)9(8)14-16(11,12)13/h3-6H,1-2H3,(H2,11,12,13). The Morgan fingerprint density at radius 1 is 1.44 bits per heavy atom. The molecule has 0 fully saturated rings. The highest BCUT2D eigenvalue weighted by Gasteiger charge is 2.15. The molecule has 0 aliphatic carbocycles. The number of benzene rings is 1. The van der Waals surface area contributed by atoms with E-state index in [2.05, 4.69) is 4.18 Å². The molecule has 0 heterocycles. The first-order valence-corrected chi connectivity index (χ1v) is 7.20. The molecule has 1 aromatic carbocycles. The van der Waals surface area contributed by atoms with Crippen molar-refractivity contribution >= 4 is 33.7 Å². The topological polar surface area (TPSA) is 69.4 Å². The highest BCUT2D eigenvalue weighted by Crippen LogP contribution is 2.37. The van der Waals surface area contributed by atoms with Crippen LogP contribution in [0.15, 0.2) is 23.1 Å². The molecular formula is C9H12ClNO3S2. The smallest absolute Gasteiger partial charge is 0.368 e. The second kappa shape index (κ2) is 5.27. The van der Waals surface area contributed by atoms with Gasteiger partial charge in [0.1, 0.15) is 0 Å². The van der Waals surface area contributed by atoms with Crippen molar-refractivity contribution in [3.8, 4) is 5.75 Å². The Bertz CT molecular complexity index is 474. The summed E-state index contributed by atoms with van der Waals surface area (Å²) in [6.07, 6.45) is 0. The Balaban J connectivity index is 3.13. The van der Waals surface area contributed by atoms with Crippen LogP contribution in [-0.2, 0) is 10.3 Å². The molecule has 0 saturated carbocycles. The molecule has 0 bridgehead atoms. The molecule has 0 spiro atoms. The molecule has 4 nitrogen and oxygen atoms in total. The number of thioether (sulfide) groups is 1. The van der Waals surface area contributed by atoms with E-state index < -0.39 is 10.3 Å². The van der Waals surface area contributed by atoms with Crippen molar-refractivity contribution in [2.75, 3.05) is 0 Å². The van der Waals surface area contributed by atoms with E-state index in [9.17, 15) is 8.42 Å². The van der Waals surface area contributed by atoms with Gasteiger partial charge in [-0.2, -0.15) is 13.6 Å². The number of hydrogen-bond acceptors (Lipinski definition) is 4. The van der Waals surface area contributed by atoms with Crippen LogP contribution in [0.25, 0.3) is 0 Å². The third kappa shape index (κ3) is 4.21. The summed E-state index contributed by atoms with van der Waals surface area (Å²) in [7, 11) is -4.06. The van der Waals surface area contributed by atoms with E-state index in [0.29, 0.717) is 4.90 Å². The van der Waals surface area contributed by atoms with Crippen molar-refractivity contribution in [3.63, 3.8) is 0 Å². The van der Waals surface area contributed by atoms with Gasteiger partial charge in [-0.05, 0) is 12.1 Å². The van der Waals surface area contributed by atoms with Gasteiger partial charge in [-0.3, -0.25) is 0 Å². The first-order chi connectivity index (χ1) is 7.29. The summed E-state index contributed by atoms with van der Waals surface area (Å²) in [5, 5.41) is 5.32. The average molecular weight is 282 g/mol. The Hall–Kier alpha value is -0.430. The van der Waals surface area contributed by atoms with E-state index in [1.54, 1.807) is 18.2 Å². The fourth-order valence-corrected chi connectivity index (χ4v) is 2.74. The zero-order valence-electron chi connectivity index (χ0n) is 8.81. The van der Waals surface area contributed by atoms with Gasteiger partial charge >= 0.3 is 10.3 Å². The minimum atomic E-state index is -4.06. The van der Waals surface area contributed by atoms with E-state index in [1.807, 2.05) is 13.8 Å². The van der Waals surface area contributed by atoms with E-state index in [4.69, 9.17) is 16.7 Å². The second-order valence-corrected chi connectivity index (χ2v) is 6.49. The van der Waals surface area contributed by atoms with Gasteiger partial charge < -0.3 is 4.18 Å². The SMILES string of the molecule is CC(C)Sc1cccc(Cl)c1OS(N)(=O)=O. The number of para-hydroxylation sites is 1. The van der Waals surface area contributed by atoms with Crippen molar-refractivity contribution in [2.24, 2.45) is 5.14 Å². The molecule has 0 radical (unpaired) electrons. The van der Waals surface area contributed by atoms with Gasteiger partial charge in [0.05, 0.1) is 9.92 Å². The van der Waals surface area contributed by atoms with Gasteiger partial charge in [-0.15, -0.1) is 11.8 Å². The van der Waals surface area contributed by atoms with Crippen LogP contribution in [0, 0.1) is 0 Å². The number of rotatable bonds is 4. The molecule has 0 unspecified atom stereocenters. The Labute approximate surface area is 104 Å². The lowest BCUT2D eigenvalue weighted by atomic mass is 10.3. The van der Waals surface area contributed by atoms with Crippen molar-refractivity contribution in [2.45, 2.75) is 24.0 Å². The summed E-state index contributed by atoms with van der Waals surface area (Å²) in [6.45, 7) is 3.96. The number of nitrogens with two attached hydrogens (primary N) is 1. The highest BCUT2D eigenvalue weighted by molar-refractivity contribution is 8.00. The molecule has 0 aliphatic heterocycles. The third-order valence-corrected chi connectivity index (χ3v) is 3.24. The van der Waals surface area contributed by atoms with Crippen LogP contribution in [0.4, 0.5) is 0 Å². The maximum absolute atomic E-state index is 10.9. The van der Waals surface area contributed by atoms with Crippen LogP contribution >= 0.6 is 23.4 Å². The minimum Gasteiger partial charge on any atom is -0.368 e. The maximum Gasteiger partial charge on any atom is 0.380 e. The third-order valence-electron chi connectivity index (χ3n) is 1.49. The zero-order chi connectivity index (χ0) is 12.3. The number of hydrogen-bond donors (Lipinski definition) is 1. The van der Waals surface area contributed by atoms with Gasteiger partial charge in [0, 0.05) is 5.25 Å². The van der Waals surface area contributed by atoms with Crippen LogP contribution in [0.2, 0.25) is 5.02 Å². The van der Waals surface area contributed by atoms with Gasteiger partial charge in [0.25, 0.3) is 0 Å². The first kappa shape index (κ1) is 13.6. The van der Waals surface area contributed by atoms with E-state index in [-0.39, 0.29) is 16.0 Å². The summed E-state index contributed by atoms with van der Waals surface area (Å²) >= 11 is 7.31. The Morgan fingerprint density at radius 3 is 2.56 bits per heavy atom. The lowest BCUT2D eigenvalue weighted by Crippen LogP contribution is -2.19. The van der Waals surface area contributed by atoms with E-state index >= 15 is 0 Å². The van der Waals surface area contributed by atoms with Crippen LogP contribution in [0.3, 0.4) is 0 Å². The van der Waals surface area contributed by atoms with Gasteiger partial charge in [0.15, 0.2) is 5.75 Å². The van der Waals surface area contributed by atoms with Gasteiger partial charge in [-0.25, -0.2) is 0 Å². The minimum absolute atomic E-state index is 0.0883. The van der Waals surface area contributed by atoms with Crippen molar-refractivity contribution in [1.29, 1.82) is 0 Å². The molecule has 1 aromatic rings. The summed E-state index contributed by atoms with van der Waals surface area (Å²) < 4.78 is 26.4. The molecule has 1 rings (SSSR count). The fraction of sp³-hybridized carbons (Fsp3) is 0.333. The fourth-order valence-electron chi connectivity index (χ4n) is 1.03. The molecule has 0 aromatic heterocycles. The second-order valence-electron chi connectivity index (χ2n) is 3.31. The Morgan fingerprint density at radius 2 is 2.06 bits per heavy atom. The lowest BCUT2D eigenvalue weighted by molar-refractivity contribution is 0.482. The molecule has 90 valence electrons. The van der Waals surface area contributed by atoms with Crippen molar-refractivity contribution in [1.82, 2.24) is 0 Å². The van der Waals surface area contributed by atoms with E-state index in [0.717, 1.165) is 0 Å². The number of halogens is 1. The van der Waals surface area contributed by atoms with Gasteiger partial charge in [0.2, 0.25) is 0 Å². The zero-order valence-corrected chi connectivity index (χ0v) is 11.2. The van der Waals surface area contributed by atoms with Crippen molar-refractivity contribution in [3.05, 3.63) is 23.2 Å². The molecule has 2 N–H and O–H groups in total. The molecular weight excluding hydrogens is 270 g/mol. The van der Waals surface area contributed by atoms with Crippen molar-refractivity contribution < 1.29 is 12.6 Å². The Kier molecular flexibility index (Phi) is 4.49. The highest BCUT2D eigenvalue weighted by atomic mass is 35.5. The molecule has 7 heteroatoms. The predicted molar refractivity (Wildman–Crippen MR) is 66.2 cm³/mol. The van der Waals surface area contributed by atoms with Crippen LogP contribution < -0.4 is 9.32 Å². The predicted octanol–water partition coefficient (Wildman–Crippen LogP) is 2.42. The summed E-state index contributed by atoms with van der Waals surface area (Å²) in [5.74, 6) is 0.0883. The normalized spacial score (nSPS) is 11.8. The van der Waals surface area contributed by atoms with E-state index in [1.165, 1.54) is 11.8 Å². The summed E-state index contributed by atoms with van der Waals surface area (Å²) in [6, 6.07) is 5.01. The molecule has 0 amide bonds. The molecule has 0 atom stereocenters. The van der Waals surface area contributed by atoms with Crippen LogP contribution in [0.1, 0.15) is 13.8 Å². The molecule has 0 saturated heterocycles. The van der Waals surface area contributed by atoms with Gasteiger partial charge in [-0.1, -0.05) is 31.5 Å². The molecule has 0 aliphatic rings. The summed E-state index contributed by atoms with van der Waals surface area (Å²) in [5.41, 5.74) is 0. The maximum atomic E-state index is 10.9. The molecule has 16 heavy (non-hydrogen) atoms.